The quantitative estimate of drug-likeness (QED) is 0.821. The van der Waals surface area contributed by atoms with Crippen LogP contribution in [0.25, 0.3) is 0 Å². The molecular weight excluding hydrogens is 236 g/mol. The van der Waals surface area contributed by atoms with Crippen LogP contribution in [0.4, 0.5) is 10.8 Å². The molecule has 0 amide bonds. The molecule has 0 aliphatic carbocycles. The molecule has 0 spiro atoms. The monoisotopic (exact) mass is 252 g/mol. The maximum Gasteiger partial charge on any atom is 0.157 e. The van der Waals surface area contributed by atoms with E-state index in [2.05, 4.69) is 15.3 Å². The number of nitriles is 1. The summed E-state index contributed by atoms with van der Waals surface area (Å²) in [4.78, 5) is 2.14. The first-order valence-corrected chi connectivity index (χ1v) is 6.28. The van der Waals surface area contributed by atoms with Crippen LogP contribution in [0.1, 0.15) is 26.3 Å². The van der Waals surface area contributed by atoms with E-state index in [4.69, 9.17) is 15.7 Å². The number of ether oxygens (including phenoxy) is 1. The molecule has 1 fully saturated rings. The van der Waals surface area contributed by atoms with Crippen molar-refractivity contribution in [3.63, 3.8) is 0 Å². The maximum absolute atomic E-state index is 9.09. The summed E-state index contributed by atoms with van der Waals surface area (Å²) >= 11 is 1.28. The Bertz CT molecular complexity index is 463. The zero-order valence-electron chi connectivity index (χ0n) is 10.2. The van der Waals surface area contributed by atoms with E-state index in [0.29, 0.717) is 11.4 Å². The first-order chi connectivity index (χ1) is 7.93. The number of rotatable bonds is 1. The third-order valence-corrected chi connectivity index (χ3v) is 3.59. The van der Waals surface area contributed by atoms with Crippen molar-refractivity contribution in [3.05, 3.63) is 5.56 Å². The molecule has 2 N–H and O–H groups in total. The molecule has 5 nitrogen and oxygen atoms in total. The van der Waals surface area contributed by atoms with Crippen molar-refractivity contribution >= 4 is 22.4 Å². The molecule has 1 atom stereocenters. The first kappa shape index (κ1) is 12.1. The van der Waals surface area contributed by atoms with Crippen LogP contribution in [0.15, 0.2) is 0 Å². The Labute approximate surface area is 105 Å². The van der Waals surface area contributed by atoms with Crippen molar-refractivity contribution < 1.29 is 4.74 Å². The molecule has 17 heavy (non-hydrogen) atoms. The Morgan fingerprint density at radius 2 is 2.35 bits per heavy atom. The highest BCUT2D eigenvalue weighted by molar-refractivity contribution is 7.10. The average molecular weight is 252 g/mol. The summed E-state index contributed by atoms with van der Waals surface area (Å²) in [5.41, 5.74) is 5.95. The van der Waals surface area contributed by atoms with E-state index in [1.54, 1.807) is 0 Å². The molecule has 2 heterocycles. The maximum atomic E-state index is 9.09. The van der Waals surface area contributed by atoms with Gasteiger partial charge in [0.2, 0.25) is 0 Å². The lowest BCUT2D eigenvalue weighted by Crippen LogP contribution is -2.52. The zero-order valence-corrected chi connectivity index (χ0v) is 11.0. The fourth-order valence-corrected chi connectivity index (χ4v) is 2.99. The summed E-state index contributed by atoms with van der Waals surface area (Å²) in [6.07, 6.45) is 0.133. The highest BCUT2D eigenvalue weighted by Gasteiger charge is 2.33. The Kier molecular flexibility index (Phi) is 2.98. The van der Waals surface area contributed by atoms with Crippen molar-refractivity contribution in [3.8, 4) is 6.07 Å². The number of nitrogens with two attached hydrogens (primary N) is 1. The smallest absolute Gasteiger partial charge is 0.157 e. The number of nitrogens with zero attached hydrogens (tertiary/aromatic N) is 3. The second-order valence-electron chi connectivity index (χ2n) is 4.93. The molecule has 1 saturated heterocycles. The van der Waals surface area contributed by atoms with Crippen LogP contribution in [-0.4, -0.2) is 29.2 Å². The highest BCUT2D eigenvalue weighted by atomic mass is 32.1. The molecule has 1 unspecified atom stereocenters. The third kappa shape index (κ3) is 2.35. The van der Waals surface area contributed by atoms with E-state index in [1.807, 2.05) is 20.8 Å². The summed E-state index contributed by atoms with van der Waals surface area (Å²) in [6.45, 7) is 7.63. The number of aromatic nitrogens is 1. The van der Waals surface area contributed by atoms with Gasteiger partial charge in [-0.25, -0.2) is 0 Å². The van der Waals surface area contributed by atoms with Gasteiger partial charge in [0, 0.05) is 13.1 Å². The minimum absolute atomic E-state index is 0.133. The fourth-order valence-electron chi connectivity index (χ4n) is 2.22. The van der Waals surface area contributed by atoms with E-state index >= 15 is 0 Å². The van der Waals surface area contributed by atoms with Gasteiger partial charge in [-0.1, -0.05) is 0 Å². The van der Waals surface area contributed by atoms with Crippen LogP contribution in [-0.2, 0) is 4.74 Å². The van der Waals surface area contributed by atoms with Crippen LogP contribution < -0.4 is 10.6 Å². The number of hydrogen-bond acceptors (Lipinski definition) is 6. The molecule has 1 aliphatic heterocycles. The molecule has 1 aromatic heterocycles. The summed E-state index contributed by atoms with van der Waals surface area (Å²) in [5, 5.41) is 9.95. The summed E-state index contributed by atoms with van der Waals surface area (Å²) in [6, 6.07) is 2.12. The molecule has 0 saturated carbocycles. The Hall–Kier alpha value is -1.32. The molecule has 6 heteroatoms. The Morgan fingerprint density at radius 3 is 2.94 bits per heavy atom. The van der Waals surface area contributed by atoms with E-state index < -0.39 is 0 Å². The van der Waals surface area contributed by atoms with E-state index in [0.717, 1.165) is 18.1 Å². The topological polar surface area (TPSA) is 75.2 Å². The number of hydrogen-bond donors (Lipinski definition) is 1. The molecular formula is C11H16N4OS. The van der Waals surface area contributed by atoms with Gasteiger partial charge in [0.1, 0.15) is 16.6 Å². The standard InChI is InChI=1S/C11H16N4OS/c1-7-5-15(6-11(2,3)16-7)10-8(4-12)9(13)14-17-10/h7H,5-6H2,1-3H3,(H2,13,14). The number of morpholine rings is 1. The first-order valence-electron chi connectivity index (χ1n) is 5.51. The van der Waals surface area contributed by atoms with Crippen molar-refractivity contribution in [2.75, 3.05) is 23.7 Å². The number of anilines is 2. The lowest BCUT2D eigenvalue weighted by atomic mass is 10.1. The Balaban J connectivity index is 2.31. The predicted octanol–water partition coefficient (Wildman–Crippen LogP) is 1.60. The molecule has 0 aromatic carbocycles. The van der Waals surface area contributed by atoms with Crippen molar-refractivity contribution in [1.82, 2.24) is 4.37 Å². The van der Waals surface area contributed by atoms with Gasteiger partial charge < -0.3 is 15.4 Å². The molecule has 1 aliphatic rings. The molecule has 0 bridgehead atoms. The van der Waals surface area contributed by atoms with E-state index in [1.165, 1.54) is 11.5 Å². The van der Waals surface area contributed by atoms with Gasteiger partial charge in [-0.05, 0) is 32.3 Å². The van der Waals surface area contributed by atoms with Gasteiger partial charge in [-0.2, -0.15) is 9.64 Å². The molecule has 1 aromatic rings. The molecule has 92 valence electrons. The summed E-state index contributed by atoms with van der Waals surface area (Å²) in [7, 11) is 0. The normalized spacial score (nSPS) is 23.4. The van der Waals surface area contributed by atoms with Gasteiger partial charge in [0.25, 0.3) is 0 Å². The van der Waals surface area contributed by atoms with Gasteiger partial charge in [-0.3, -0.25) is 0 Å². The van der Waals surface area contributed by atoms with Gasteiger partial charge in [0.15, 0.2) is 5.82 Å². The Morgan fingerprint density at radius 1 is 1.65 bits per heavy atom. The molecule has 2 rings (SSSR count). The molecule has 0 radical (unpaired) electrons. The lowest BCUT2D eigenvalue weighted by molar-refractivity contribution is -0.0748. The van der Waals surface area contributed by atoms with Crippen LogP contribution >= 0.6 is 11.5 Å². The average Bonchev–Trinajstić information content (AvgIpc) is 2.56. The predicted molar refractivity (Wildman–Crippen MR) is 68.1 cm³/mol. The van der Waals surface area contributed by atoms with Crippen LogP contribution in [0.2, 0.25) is 0 Å². The van der Waals surface area contributed by atoms with E-state index in [-0.39, 0.29) is 11.7 Å². The van der Waals surface area contributed by atoms with Crippen molar-refractivity contribution in [1.29, 1.82) is 5.26 Å². The highest BCUT2D eigenvalue weighted by Crippen LogP contribution is 2.33. The zero-order chi connectivity index (χ0) is 12.6. The van der Waals surface area contributed by atoms with Crippen LogP contribution in [0.5, 0.6) is 0 Å². The SMILES string of the molecule is CC1CN(c2snc(N)c2C#N)CC(C)(C)O1. The second-order valence-corrected chi connectivity index (χ2v) is 5.68. The van der Waals surface area contributed by atoms with Crippen LogP contribution in [0, 0.1) is 11.3 Å². The number of nitrogen functional groups attached to an aromatic ring is 1. The van der Waals surface area contributed by atoms with Gasteiger partial charge >= 0.3 is 0 Å². The van der Waals surface area contributed by atoms with Gasteiger partial charge in [-0.15, -0.1) is 0 Å². The second kappa shape index (κ2) is 4.17. The lowest BCUT2D eigenvalue weighted by Gasteiger charge is -2.42. The third-order valence-electron chi connectivity index (χ3n) is 2.67. The largest absolute Gasteiger partial charge is 0.382 e. The fraction of sp³-hybridized carbons (Fsp3) is 0.636. The minimum atomic E-state index is -0.219. The van der Waals surface area contributed by atoms with Crippen molar-refractivity contribution in [2.45, 2.75) is 32.5 Å². The van der Waals surface area contributed by atoms with Crippen molar-refractivity contribution in [2.24, 2.45) is 0 Å². The summed E-state index contributed by atoms with van der Waals surface area (Å²) < 4.78 is 9.88. The summed E-state index contributed by atoms with van der Waals surface area (Å²) in [5.74, 6) is 0.324. The van der Waals surface area contributed by atoms with Gasteiger partial charge in [0.05, 0.1) is 11.7 Å². The van der Waals surface area contributed by atoms with Crippen LogP contribution in [0.3, 0.4) is 0 Å². The van der Waals surface area contributed by atoms with E-state index in [9.17, 15) is 0 Å². The minimum Gasteiger partial charge on any atom is -0.382 e.